The molecular formula is C28H50O2. The van der Waals surface area contributed by atoms with Crippen molar-refractivity contribution in [3.05, 3.63) is 36.5 Å². The molecule has 0 heterocycles. The van der Waals surface area contributed by atoms with Gasteiger partial charge < -0.3 is 5.11 Å². The SMILES string of the molecule is CCCCCCCCCCCCC=CCC=CCC=CCCCCCCCC(=O)O. The lowest BCUT2D eigenvalue weighted by Gasteiger charge is -2.01. The first kappa shape index (κ1) is 28.7. The number of carboxylic acids is 1. The maximum atomic E-state index is 10.4. The van der Waals surface area contributed by atoms with Crippen LogP contribution in [0.1, 0.15) is 135 Å². The molecule has 0 radical (unpaired) electrons. The summed E-state index contributed by atoms with van der Waals surface area (Å²) in [6.45, 7) is 2.28. The van der Waals surface area contributed by atoms with Crippen LogP contribution in [-0.2, 0) is 4.79 Å². The summed E-state index contributed by atoms with van der Waals surface area (Å²) >= 11 is 0. The van der Waals surface area contributed by atoms with Crippen molar-refractivity contribution in [3.8, 4) is 0 Å². The Labute approximate surface area is 187 Å². The molecule has 0 amide bonds. The number of unbranched alkanes of at least 4 members (excludes halogenated alkanes) is 15. The normalized spacial score (nSPS) is 12.0. The highest BCUT2D eigenvalue weighted by molar-refractivity contribution is 5.66. The Hall–Kier alpha value is -1.31. The molecule has 0 atom stereocenters. The molecule has 2 heteroatoms. The zero-order valence-electron chi connectivity index (χ0n) is 20.0. The zero-order chi connectivity index (χ0) is 22.0. The summed E-state index contributed by atoms with van der Waals surface area (Å²) in [4.78, 5) is 10.4. The molecule has 0 rings (SSSR count). The third-order valence-electron chi connectivity index (χ3n) is 5.53. The first-order chi connectivity index (χ1) is 14.8. The standard InChI is InChI=1S/C28H50O2/c1-2-3-4-5-6-7-8-9-10-11-12-13-14-15-16-17-18-19-20-21-22-23-24-25-26-27-28(29)30/h13-14,16-17,19-20H,2-12,15,18,21-27H2,1H3,(H,29,30). The summed E-state index contributed by atoms with van der Waals surface area (Å²) in [5.41, 5.74) is 0. The highest BCUT2D eigenvalue weighted by atomic mass is 16.4. The van der Waals surface area contributed by atoms with E-state index < -0.39 is 5.97 Å². The summed E-state index contributed by atoms with van der Waals surface area (Å²) in [7, 11) is 0. The Kier molecular flexibility index (Phi) is 24.6. The van der Waals surface area contributed by atoms with E-state index in [4.69, 9.17) is 5.11 Å². The van der Waals surface area contributed by atoms with Gasteiger partial charge in [-0.3, -0.25) is 4.79 Å². The van der Waals surface area contributed by atoms with Crippen LogP contribution in [0.4, 0.5) is 0 Å². The number of rotatable bonds is 23. The Morgan fingerprint density at radius 2 is 0.900 bits per heavy atom. The molecule has 174 valence electrons. The van der Waals surface area contributed by atoms with E-state index in [2.05, 4.69) is 43.4 Å². The molecule has 2 nitrogen and oxygen atoms in total. The lowest BCUT2D eigenvalue weighted by Crippen LogP contribution is -1.93. The molecule has 0 aliphatic heterocycles. The first-order valence-electron chi connectivity index (χ1n) is 12.9. The molecule has 0 aromatic carbocycles. The zero-order valence-corrected chi connectivity index (χ0v) is 20.0. The van der Waals surface area contributed by atoms with Gasteiger partial charge >= 0.3 is 5.97 Å². The number of hydrogen-bond acceptors (Lipinski definition) is 1. The van der Waals surface area contributed by atoms with E-state index in [0.29, 0.717) is 6.42 Å². The van der Waals surface area contributed by atoms with Gasteiger partial charge in [0.1, 0.15) is 0 Å². The first-order valence-corrected chi connectivity index (χ1v) is 12.9. The number of aliphatic carboxylic acids is 1. The van der Waals surface area contributed by atoms with Gasteiger partial charge in [-0.2, -0.15) is 0 Å². The molecule has 0 aliphatic rings. The van der Waals surface area contributed by atoms with Gasteiger partial charge in [0.25, 0.3) is 0 Å². The van der Waals surface area contributed by atoms with Gasteiger partial charge in [0.2, 0.25) is 0 Å². The van der Waals surface area contributed by atoms with Gasteiger partial charge in [-0.1, -0.05) is 120 Å². The number of carbonyl (C=O) groups is 1. The lowest BCUT2D eigenvalue weighted by atomic mass is 10.1. The highest BCUT2D eigenvalue weighted by Gasteiger charge is 1.95. The molecule has 30 heavy (non-hydrogen) atoms. The fraction of sp³-hybridized carbons (Fsp3) is 0.750. The molecule has 0 aromatic rings. The number of hydrogen-bond donors (Lipinski definition) is 1. The molecular weight excluding hydrogens is 368 g/mol. The van der Waals surface area contributed by atoms with Gasteiger partial charge in [-0.05, 0) is 44.9 Å². The maximum absolute atomic E-state index is 10.4. The van der Waals surface area contributed by atoms with Crippen molar-refractivity contribution < 1.29 is 9.90 Å². The molecule has 0 bridgehead atoms. The van der Waals surface area contributed by atoms with Gasteiger partial charge in [-0.15, -0.1) is 0 Å². The molecule has 0 unspecified atom stereocenters. The van der Waals surface area contributed by atoms with Crippen LogP contribution in [0.25, 0.3) is 0 Å². The Morgan fingerprint density at radius 1 is 0.533 bits per heavy atom. The van der Waals surface area contributed by atoms with E-state index in [1.54, 1.807) is 0 Å². The Bertz CT molecular complexity index is 434. The van der Waals surface area contributed by atoms with Crippen molar-refractivity contribution in [2.75, 3.05) is 0 Å². The van der Waals surface area contributed by atoms with Gasteiger partial charge in [0.15, 0.2) is 0 Å². The third kappa shape index (κ3) is 26.7. The quantitative estimate of drug-likeness (QED) is 0.132. The molecule has 1 N–H and O–H groups in total. The van der Waals surface area contributed by atoms with Gasteiger partial charge in [0.05, 0.1) is 0 Å². The molecule has 0 aromatic heterocycles. The third-order valence-corrected chi connectivity index (χ3v) is 5.53. The van der Waals surface area contributed by atoms with Crippen molar-refractivity contribution in [1.82, 2.24) is 0 Å². The van der Waals surface area contributed by atoms with E-state index in [-0.39, 0.29) is 0 Å². The smallest absolute Gasteiger partial charge is 0.303 e. The second kappa shape index (κ2) is 25.7. The van der Waals surface area contributed by atoms with Crippen LogP contribution in [0.15, 0.2) is 36.5 Å². The van der Waals surface area contributed by atoms with E-state index in [1.165, 1.54) is 83.5 Å². The van der Waals surface area contributed by atoms with Gasteiger partial charge in [-0.25, -0.2) is 0 Å². The van der Waals surface area contributed by atoms with Crippen LogP contribution in [0.5, 0.6) is 0 Å². The van der Waals surface area contributed by atoms with Crippen LogP contribution < -0.4 is 0 Å². The van der Waals surface area contributed by atoms with Crippen LogP contribution in [0, 0.1) is 0 Å². The van der Waals surface area contributed by atoms with E-state index in [1.807, 2.05) is 0 Å². The van der Waals surface area contributed by atoms with Crippen molar-refractivity contribution >= 4 is 5.97 Å². The number of carboxylic acid groups (broad SMARTS) is 1. The van der Waals surface area contributed by atoms with E-state index in [9.17, 15) is 4.79 Å². The molecule has 0 saturated heterocycles. The fourth-order valence-corrected chi connectivity index (χ4v) is 3.60. The van der Waals surface area contributed by atoms with Crippen molar-refractivity contribution in [1.29, 1.82) is 0 Å². The molecule has 0 spiro atoms. The Morgan fingerprint density at radius 3 is 1.33 bits per heavy atom. The predicted octanol–water partition coefficient (Wildman–Crippen LogP) is 9.56. The molecule has 0 saturated carbocycles. The van der Waals surface area contributed by atoms with Crippen LogP contribution >= 0.6 is 0 Å². The van der Waals surface area contributed by atoms with E-state index >= 15 is 0 Å². The van der Waals surface area contributed by atoms with Gasteiger partial charge in [0, 0.05) is 6.42 Å². The van der Waals surface area contributed by atoms with Crippen LogP contribution in [0.3, 0.4) is 0 Å². The van der Waals surface area contributed by atoms with E-state index in [0.717, 1.165) is 38.5 Å². The Balaban J connectivity index is 3.25. The summed E-state index contributed by atoms with van der Waals surface area (Å²) in [6.07, 6.45) is 38.1. The summed E-state index contributed by atoms with van der Waals surface area (Å²) in [5, 5.41) is 8.58. The minimum Gasteiger partial charge on any atom is -0.481 e. The van der Waals surface area contributed by atoms with Crippen molar-refractivity contribution in [3.63, 3.8) is 0 Å². The highest BCUT2D eigenvalue weighted by Crippen LogP contribution is 2.11. The van der Waals surface area contributed by atoms with Crippen LogP contribution in [-0.4, -0.2) is 11.1 Å². The second-order valence-electron chi connectivity index (χ2n) is 8.56. The minimum absolute atomic E-state index is 0.320. The minimum atomic E-state index is -0.671. The number of allylic oxidation sites excluding steroid dienone is 6. The van der Waals surface area contributed by atoms with Crippen molar-refractivity contribution in [2.45, 2.75) is 135 Å². The van der Waals surface area contributed by atoms with Crippen LogP contribution in [0.2, 0.25) is 0 Å². The predicted molar refractivity (Wildman–Crippen MR) is 133 cm³/mol. The topological polar surface area (TPSA) is 37.3 Å². The maximum Gasteiger partial charge on any atom is 0.303 e. The molecule has 0 fully saturated rings. The lowest BCUT2D eigenvalue weighted by molar-refractivity contribution is -0.137. The second-order valence-corrected chi connectivity index (χ2v) is 8.56. The summed E-state index contributed by atoms with van der Waals surface area (Å²) in [5.74, 6) is -0.671. The fourth-order valence-electron chi connectivity index (χ4n) is 3.60. The monoisotopic (exact) mass is 418 g/mol. The largest absolute Gasteiger partial charge is 0.481 e. The summed E-state index contributed by atoms with van der Waals surface area (Å²) < 4.78 is 0. The average Bonchev–Trinajstić information content (AvgIpc) is 2.73. The molecule has 0 aliphatic carbocycles. The summed E-state index contributed by atoms with van der Waals surface area (Å²) in [6, 6.07) is 0. The average molecular weight is 419 g/mol. The van der Waals surface area contributed by atoms with Crippen molar-refractivity contribution in [2.24, 2.45) is 0 Å².